The first-order valence-electron chi connectivity index (χ1n) is 7.57. The summed E-state index contributed by atoms with van der Waals surface area (Å²) in [6.45, 7) is 8.60. The van der Waals surface area contributed by atoms with Crippen LogP contribution in [0.1, 0.15) is 60.0 Å². The number of carbonyl (C=O) groups is 1. The Labute approximate surface area is 130 Å². The third kappa shape index (κ3) is 2.62. The van der Waals surface area contributed by atoms with Gasteiger partial charge in [0.05, 0.1) is 17.2 Å². The van der Waals surface area contributed by atoms with E-state index in [2.05, 4.69) is 0 Å². The number of aromatic nitrogens is 1. The van der Waals surface area contributed by atoms with Gasteiger partial charge in [-0.15, -0.1) is 0 Å². The van der Waals surface area contributed by atoms with E-state index in [9.17, 15) is 15.0 Å². The molecule has 0 aliphatic rings. The second-order valence-electron chi connectivity index (χ2n) is 6.04. The third-order valence-electron chi connectivity index (χ3n) is 4.15. The average molecular weight is 304 g/mol. The van der Waals surface area contributed by atoms with Crippen molar-refractivity contribution < 1.29 is 15.0 Å². The highest BCUT2D eigenvalue weighted by Crippen LogP contribution is 2.35. The first-order valence-corrected chi connectivity index (χ1v) is 7.57. The lowest BCUT2D eigenvalue weighted by molar-refractivity contribution is 0.0698. The van der Waals surface area contributed by atoms with Crippen molar-refractivity contribution in [2.75, 3.05) is 6.54 Å². The smallest absolute Gasteiger partial charge is 0.337 e. The number of carboxylic acids is 1. The van der Waals surface area contributed by atoms with Crippen LogP contribution < -0.4 is 5.73 Å². The number of aliphatic hydroxyl groups excluding tert-OH is 1. The van der Waals surface area contributed by atoms with E-state index in [4.69, 9.17) is 5.73 Å². The van der Waals surface area contributed by atoms with Gasteiger partial charge in [-0.2, -0.15) is 0 Å². The highest BCUT2D eigenvalue weighted by molar-refractivity contribution is 6.04. The summed E-state index contributed by atoms with van der Waals surface area (Å²) >= 11 is 0. The summed E-state index contributed by atoms with van der Waals surface area (Å²) in [5.41, 5.74) is 9.21. The molecular weight excluding hydrogens is 280 g/mol. The van der Waals surface area contributed by atoms with Gasteiger partial charge in [-0.1, -0.05) is 13.8 Å². The van der Waals surface area contributed by atoms with E-state index in [1.165, 1.54) is 0 Å². The number of carboxylic acid groups (broad SMARTS) is 1. The summed E-state index contributed by atoms with van der Waals surface area (Å²) in [6, 6.07) is 3.72. The minimum Gasteiger partial charge on any atom is -0.478 e. The first-order chi connectivity index (χ1) is 10.3. The van der Waals surface area contributed by atoms with Crippen molar-refractivity contribution in [1.82, 2.24) is 4.57 Å². The van der Waals surface area contributed by atoms with E-state index >= 15 is 0 Å². The van der Waals surface area contributed by atoms with Gasteiger partial charge >= 0.3 is 5.97 Å². The fourth-order valence-electron chi connectivity index (χ4n) is 3.09. The molecule has 0 spiro atoms. The van der Waals surface area contributed by atoms with Crippen LogP contribution in [0.4, 0.5) is 0 Å². The van der Waals surface area contributed by atoms with Crippen molar-refractivity contribution in [2.45, 2.75) is 46.3 Å². The maximum Gasteiger partial charge on any atom is 0.337 e. The maximum absolute atomic E-state index is 11.7. The van der Waals surface area contributed by atoms with Gasteiger partial charge < -0.3 is 20.5 Å². The monoisotopic (exact) mass is 304 g/mol. The molecule has 0 radical (unpaired) electrons. The minimum atomic E-state index is -0.958. The van der Waals surface area contributed by atoms with Crippen molar-refractivity contribution in [3.05, 3.63) is 34.5 Å². The van der Waals surface area contributed by atoms with Crippen LogP contribution in [0.15, 0.2) is 12.1 Å². The van der Waals surface area contributed by atoms with Crippen molar-refractivity contribution >= 4 is 16.9 Å². The van der Waals surface area contributed by atoms with Gasteiger partial charge in [0, 0.05) is 29.7 Å². The Morgan fingerprint density at radius 2 is 1.95 bits per heavy atom. The number of hydrogen-bond donors (Lipinski definition) is 3. The van der Waals surface area contributed by atoms with Crippen LogP contribution in [-0.2, 0) is 6.54 Å². The molecule has 5 heteroatoms. The summed E-state index contributed by atoms with van der Waals surface area (Å²) in [4.78, 5) is 11.7. The largest absolute Gasteiger partial charge is 0.478 e. The summed E-state index contributed by atoms with van der Waals surface area (Å²) in [6.07, 6.45) is -0.661. The number of benzene rings is 1. The van der Waals surface area contributed by atoms with E-state index in [1.54, 1.807) is 13.0 Å². The molecular formula is C17H24N2O3. The van der Waals surface area contributed by atoms with E-state index in [0.29, 0.717) is 18.6 Å². The Morgan fingerprint density at radius 3 is 2.41 bits per heavy atom. The summed E-state index contributed by atoms with van der Waals surface area (Å²) in [7, 11) is 0. The van der Waals surface area contributed by atoms with E-state index < -0.39 is 12.1 Å². The van der Waals surface area contributed by atoms with E-state index in [0.717, 1.165) is 22.2 Å². The number of aromatic carboxylic acids is 1. The molecule has 1 aromatic heterocycles. The van der Waals surface area contributed by atoms with Gasteiger partial charge in [-0.05, 0) is 37.5 Å². The van der Waals surface area contributed by atoms with Gasteiger partial charge in [0.2, 0.25) is 0 Å². The van der Waals surface area contributed by atoms with Crippen LogP contribution in [0.2, 0.25) is 0 Å². The number of nitrogens with two attached hydrogens (primary N) is 1. The third-order valence-corrected chi connectivity index (χ3v) is 4.15. The van der Waals surface area contributed by atoms with E-state index in [1.807, 2.05) is 31.4 Å². The highest BCUT2D eigenvalue weighted by Gasteiger charge is 2.23. The molecule has 0 aliphatic heterocycles. The lowest BCUT2D eigenvalue weighted by atomic mass is 9.95. The lowest BCUT2D eigenvalue weighted by Crippen LogP contribution is -2.13. The molecule has 0 aliphatic carbocycles. The van der Waals surface area contributed by atoms with Crippen LogP contribution in [0.3, 0.4) is 0 Å². The Hall–Kier alpha value is -1.85. The van der Waals surface area contributed by atoms with Crippen LogP contribution >= 0.6 is 0 Å². The molecule has 0 amide bonds. The Balaban J connectivity index is 2.96. The van der Waals surface area contributed by atoms with Crippen molar-refractivity contribution in [3.8, 4) is 0 Å². The van der Waals surface area contributed by atoms with Crippen molar-refractivity contribution in [3.63, 3.8) is 0 Å². The van der Waals surface area contributed by atoms with Gasteiger partial charge in [0.1, 0.15) is 0 Å². The number of hydrogen-bond acceptors (Lipinski definition) is 3. The van der Waals surface area contributed by atoms with Crippen LogP contribution in [0.25, 0.3) is 10.9 Å². The Kier molecular flexibility index (Phi) is 4.58. The van der Waals surface area contributed by atoms with Gasteiger partial charge in [-0.25, -0.2) is 4.79 Å². The standard InChI is InChI=1S/C17H24N2O3/c1-9(2)12-7-13-15(11(4)20)10(3)19(6-5-18)16(13)14(8-12)17(21)22/h7-9,11,20H,5-6,18H2,1-4H3,(H,21,22). The fourth-order valence-corrected chi connectivity index (χ4v) is 3.09. The van der Waals surface area contributed by atoms with Gasteiger partial charge in [0.25, 0.3) is 0 Å². The molecule has 0 saturated heterocycles. The second kappa shape index (κ2) is 6.10. The van der Waals surface area contributed by atoms with Crippen molar-refractivity contribution in [2.24, 2.45) is 5.73 Å². The maximum atomic E-state index is 11.7. The molecule has 1 aromatic carbocycles. The SMILES string of the molecule is Cc1c(C(C)O)c2cc(C(C)C)cc(C(=O)O)c2n1CCN. The number of rotatable bonds is 5. The molecule has 0 fully saturated rings. The number of fused-ring (bicyclic) bond motifs is 1. The second-order valence-corrected chi connectivity index (χ2v) is 6.04. The molecule has 1 atom stereocenters. The predicted octanol–water partition coefficient (Wildman–Crippen LogP) is 2.78. The molecule has 0 saturated carbocycles. The van der Waals surface area contributed by atoms with Crippen LogP contribution in [0, 0.1) is 6.92 Å². The molecule has 1 unspecified atom stereocenters. The van der Waals surface area contributed by atoms with Crippen LogP contribution in [0.5, 0.6) is 0 Å². The zero-order chi connectivity index (χ0) is 16.6. The molecule has 2 aromatic rings. The van der Waals surface area contributed by atoms with Crippen LogP contribution in [-0.4, -0.2) is 27.3 Å². The normalized spacial score (nSPS) is 13.0. The summed E-state index contributed by atoms with van der Waals surface area (Å²) in [5, 5.41) is 20.6. The zero-order valence-electron chi connectivity index (χ0n) is 13.6. The molecule has 2 rings (SSSR count). The summed E-state index contributed by atoms with van der Waals surface area (Å²) < 4.78 is 1.91. The number of aliphatic hydroxyl groups is 1. The Bertz CT molecular complexity index is 714. The van der Waals surface area contributed by atoms with Crippen molar-refractivity contribution in [1.29, 1.82) is 0 Å². The highest BCUT2D eigenvalue weighted by atomic mass is 16.4. The Morgan fingerprint density at radius 1 is 1.32 bits per heavy atom. The molecule has 0 bridgehead atoms. The predicted molar refractivity (Wildman–Crippen MR) is 87.4 cm³/mol. The van der Waals surface area contributed by atoms with E-state index in [-0.39, 0.29) is 11.5 Å². The summed E-state index contributed by atoms with van der Waals surface area (Å²) in [5.74, 6) is -0.747. The van der Waals surface area contributed by atoms with Gasteiger partial charge in [-0.3, -0.25) is 0 Å². The first kappa shape index (κ1) is 16.5. The van der Waals surface area contributed by atoms with Gasteiger partial charge in [0.15, 0.2) is 0 Å². The number of nitrogens with zero attached hydrogens (tertiary/aromatic N) is 1. The zero-order valence-corrected chi connectivity index (χ0v) is 13.6. The quantitative estimate of drug-likeness (QED) is 0.792. The fraction of sp³-hybridized carbons (Fsp3) is 0.471. The topological polar surface area (TPSA) is 88.5 Å². The minimum absolute atomic E-state index is 0.211. The molecule has 5 nitrogen and oxygen atoms in total. The molecule has 120 valence electrons. The lowest BCUT2D eigenvalue weighted by Gasteiger charge is -2.11. The average Bonchev–Trinajstić information content (AvgIpc) is 2.70. The molecule has 4 N–H and O–H groups in total. The molecule has 22 heavy (non-hydrogen) atoms. The molecule has 1 heterocycles.